The maximum absolute atomic E-state index is 11.8. The topological polar surface area (TPSA) is 97.1 Å². The van der Waals surface area contributed by atoms with Crippen LogP contribution in [0.15, 0.2) is 36.7 Å². The van der Waals surface area contributed by atoms with Crippen LogP contribution in [0.2, 0.25) is 0 Å². The highest BCUT2D eigenvalue weighted by molar-refractivity contribution is 5.94. The Morgan fingerprint density at radius 3 is 2.75 bits per heavy atom. The Morgan fingerprint density at radius 2 is 2.05 bits per heavy atom. The van der Waals surface area contributed by atoms with E-state index in [1.807, 2.05) is 12.3 Å². The van der Waals surface area contributed by atoms with Gasteiger partial charge in [-0.25, -0.2) is 9.78 Å². The molecule has 104 valence electrons. The summed E-state index contributed by atoms with van der Waals surface area (Å²) in [5.41, 5.74) is -0.0434. The van der Waals surface area contributed by atoms with E-state index in [0.717, 1.165) is 6.42 Å². The highest BCUT2D eigenvalue weighted by atomic mass is 16.4. The summed E-state index contributed by atoms with van der Waals surface area (Å²) in [6.07, 6.45) is 4.27. The van der Waals surface area contributed by atoms with Crippen LogP contribution in [0.25, 0.3) is 0 Å². The van der Waals surface area contributed by atoms with Gasteiger partial charge in [-0.2, -0.15) is 5.10 Å². The van der Waals surface area contributed by atoms with Gasteiger partial charge in [0.2, 0.25) is 0 Å². The minimum atomic E-state index is -1.15. The number of aromatic carboxylic acids is 1. The van der Waals surface area contributed by atoms with E-state index in [1.165, 1.54) is 18.2 Å². The number of hydrogen-bond donors (Lipinski definition) is 2. The first-order valence-electron chi connectivity index (χ1n) is 6.13. The molecule has 2 N–H and O–H groups in total. The Balaban J connectivity index is 1.82. The van der Waals surface area contributed by atoms with Gasteiger partial charge in [-0.3, -0.25) is 9.48 Å². The molecule has 0 aliphatic carbocycles. The molecule has 1 amide bonds. The average molecular weight is 274 g/mol. The highest BCUT2D eigenvalue weighted by Crippen LogP contribution is 2.00. The maximum Gasteiger partial charge on any atom is 0.354 e. The molecule has 0 spiro atoms. The molecule has 2 aromatic heterocycles. The summed E-state index contributed by atoms with van der Waals surface area (Å²) in [7, 11) is 0. The number of hydrogen-bond acceptors (Lipinski definition) is 4. The van der Waals surface area contributed by atoms with Gasteiger partial charge in [-0.05, 0) is 24.6 Å². The number of carboxylic acids is 1. The van der Waals surface area contributed by atoms with E-state index in [-0.39, 0.29) is 17.3 Å². The van der Waals surface area contributed by atoms with Crippen molar-refractivity contribution in [3.63, 3.8) is 0 Å². The predicted molar refractivity (Wildman–Crippen MR) is 70.4 cm³/mol. The third-order valence-electron chi connectivity index (χ3n) is 2.61. The van der Waals surface area contributed by atoms with Crippen molar-refractivity contribution in [2.75, 3.05) is 6.54 Å². The Hall–Kier alpha value is -2.70. The first-order valence-corrected chi connectivity index (χ1v) is 6.13. The number of nitrogens with one attached hydrogen (secondary N) is 1. The van der Waals surface area contributed by atoms with Crippen molar-refractivity contribution in [3.05, 3.63) is 48.0 Å². The average Bonchev–Trinajstić information content (AvgIpc) is 2.96. The van der Waals surface area contributed by atoms with E-state index in [4.69, 9.17) is 5.11 Å². The van der Waals surface area contributed by atoms with Crippen LogP contribution in [0, 0.1) is 0 Å². The number of carboxylic acid groups (broad SMARTS) is 1. The molecular weight excluding hydrogens is 260 g/mol. The summed E-state index contributed by atoms with van der Waals surface area (Å²) in [5.74, 6) is -1.54. The second-order valence-corrected chi connectivity index (χ2v) is 4.09. The molecule has 2 aromatic rings. The van der Waals surface area contributed by atoms with Crippen molar-refractivity contribution in [2.24, 2.45) is 0 Å². The van der Waals surface area contributed by atoms with Crippen molar-refractivity contribution in [2.45, 2.75) is 13.0 Å². The lowest BCUT2D eigenvalue weighted by Gasteiger charge is -2.05. The van der Waals surface area contributed by atoms with Gasteiger partial charge in [0.15, 0.2) is 0 Å². The fourth-order valence-electron chi connectivity index (χ4n) is 1.65. The van der Waals surface area contributed by atoms with Gasteiger partial charge >= 0.3 is 5.97 Å². The molecule has 0 aromatic carbocycles. The van der Waals surface area contributed by atoms with Crippen molar-refractivity contribution in [1.82, 2.24) is 20.1 Å². The van der Waals surface area contributed by atoms with Gasteiger partial charge in [0.05, 0.1) is 0 Å². The van der Waals surface area contributed by atoms with E-state index in [0.29, 0.717) is 13.1 Å². The molecular formula is C13H14N4O3. The number of carbonyl (C=O) groups is 2. The molecule has 0 radical (unpaired) electrons. The van der Waals surface area contributed by atoms with Crippen LogP contribution in [-0.2, 0) is 6.54 Å². The molecule has 0 fully saturated rings. The zero-order valence-electron chi connectivity index (χ0n) is 10.7. The van der Waals surface area contributed by atoms with Gasteiger partial charge in [-0.15, -0.1) is 0 Å². The molecule has 0 aliphatic heterocycles. The van der Waals surface area contributed by atoms with E-state index >= 15 is 0 Å². The van der Waals surface area contributed by atoms with Crippen LogP contribution in [0.1, 0.15) is 27.4 Å². The van der Waals surface area contributed by atoms with E-state index in [1.54, 1.807) is 10.9 Å². The summed E-state index contributed by atoms with van der Waals surface area (Å²) in [6.45, 7) is 1.17. The molecule has 0 unspecified atom stereocenters. The standard InChI is InChI=1S/C13H14N4O3/c18-12(10-4-1-5-11(16-10)13(19)20)14-6-2-8-17-9-3-7-15-17/h1,3-5,7,9H,2,6,8H2,(H,14,18)(H,19,20). The first kappa shape index (κ1) is 13.7. The number of amides is 1. The summed E-state index contributed by atoms with van der Waals surface area (Å²) in [5, 5.41) is 15.5. The number of aryl methyl sites for hydroxylation is 1. The summed E-state index contributed by atoms with van der Waals surface area (Å²) in [4.78, 5) is 26.3. The lowest BCUT2D eigenvalue weighted by Crippen LogP contribution is -2.26. The maximum atomic E-state index is 11.8. The molecule has 2 heterocycles. The van der Waals surface area contributed by atoms with Crippen LogP contribution in [-0.4, -0.2) is 38.3 Å². The van der Waals surface area contributed by atoms with Gasteiger partial charge in [0.25, 0.3) is 5.91 Å². The third kappa shape index (κ3) is 3.64. The molecule has 0 aliphatic rings. The van der Waals surface area contributed by atoms with Crippen LogP contribution >= 0.6 is 0 Å². The number of nitrogens with zero attached hydrogens (tertiary/aromatic N) is 3. The SMILES string of the molecule is O=C(O)c1cccc(C(=O)NCCCn2cccn2)n1. The molecule has 0 atom stereocenters. The Labute approximate surface area is 115 Å². The largest absolute Gasteiger partial charge is 0.477 e. The number of carbonyl (C=O) groups excluding carboxylic acids is 1. The molecule has 7 heteroatoms. The summed E-state index contributed by atoms with van der Waals surface area (Å²) in [6, 6.07) is 6.15. The van der Waals surface area contributed by atoms with Crippen LogP contribution in [0.3, 0.4) is 0 Å². The molecule has 7 nitrogen and oxygen atoms in total. The van der Waals surface area contributed by atoms with Crippen LogP contribution in [0.5, 0.6) is 0 Å². The van der Waals surface area contributed by atoms with Gasteiger partial charge in [0.1, 0.15) is 11.4 Å². The molecule has 0 saturated carbocycles. The van der Waals surface area contributed by atoms with Crippen molar-refractivity contribution >= 4 is 11.9 Å². The molecule has 0 saturated heterocycles. The smallest absolute Gasteiger partial charge is 0.354 e. The molecule has 20 heavy (non-hydrogen) atoms. The second-order valence-electron chi connectivity index (χ2n) is 4.09. The van der Waals surface area contributed by atoms with E-state index in [2.05, 4.69) is 15.4 Å². The number of aromatic nitrogens is 3. The monoisotopic (exact) mass is 274 g/mol. The van der Waals surface area contributed by atoms with Gasteiger partial charge < -0.3 is 10.4 Å². The van der Waals surface area contributed by atoms with Crippen LogP contribution < -0.4 is 5.32 Å². The minimum absolute atomic E-state index is 0.101. The normalized spacial score (nSPS) is 10.2. The van der Waals surface area contributed by atoms with Crippen molar-refractivity contribution in [3.8, 4) is 0 Å². The summed E-state index contributed by atoms with van der Waals surface area (Å²) >= 11 is 0. The van der Waals surface area contributed by atoms with Gasteiger partial charge in [0, 0.05) is 25.5 Å². The van der Waals surface area contributed by atoms with Crippen molar-refractivity contribution < 1.29 is 14.7 Å². The summed E-state index contributed by atoms with van der Waals surface area (Å²) < 4.78 is 1.77. The predicted octanol–water partition coefficient (Wildman–Crippen LogP) is 0.796. The number of rotatable bonds is 6. The Kier molecular flexibility index (Phi) is 4.43. The lowest BCUT2D eigenvalue weighted by atomic mass is 10.3. The quantitative estimate of drug-likeness (QED) is 0.759. The number of pyridine rings is 1. The first-order chi connectivity index (χ1) is 9.66. The van der Waals surface area contributed by atoms with E-state index in [9.17, 15) is 9.59 Å². The van der Waals surface area contributed by atoms with Gasteiger partial charge in [-0.1, -0.05) is 6.07 Å². The fourth-order valence-corrected chi connectivity index (χ4v) is 1.65. The highest BCUT2D eigenvalue weighted by Gasteiger charge is 2.10. The third-order valence-corrected chi connectivity index (χ3v) is 2.61. The van der Waals surface area contributed by atoms with Crippen LogP contribution in [0.4, 0.5) is 0 Å². The van der Waals surface area contributed by atoms with E-state index < -0.39 is 5.97 Å². The Morgan fingerprint density at radius 1 is 1.25 bits per heavy atom. The lowest BCUT2D eigenvalue weighted by molar-refractivity contribution is 0.0690. The fraction of sp³-hybridized carbons (Fsp3) is 0.231. The minimum Gasteiger partial charge on any atom is -0.477 e. The zero-order valence-corrected chi connectivity index (χ0v) is 10.7. The van der Waals surface area contributed by atoms with Crippen molar-refractivity contribution in [1.29, 1.82) is 0 Å². The molecule has 0 bridgehead atoms. The molecule has 2 rings (SSSR count). The second kappa shape index (κ2) is 6.46. The Bertz CT molecular complexity index is 595. The zero-order chi connectivity index (χ0) is 14.4.